The van der Waals surface area contributed by atoms with Gasteiger partial charge in [-0.2, -0.15) is 0 Å². The molecule has 0 aliphatic carbocycles. The predicted molar refractivity (Wildman–Crippen MR) is 112 cm³/mol. The van der Waals surface area contributed by atoms with E-state index in [4.69, 9.17) is 4.74 Å². The van der Waals surface area contributed by atoms with Crippen molar-refractivity contribution in [3.05, 3.63) is 69.6 Å². The van der Waals surface area contributed by atoms with Crippen molar-refractivity contribution in [1.29, 1.82) is 0 Å². The van der Waals surface area contributed by atoms with E-state index in [1.807, 2.05) is 6.92 Å². The van der Waals surface area contributed by atoms with Gasteiger partial charge in [0.05, 0.1) is 12.3 Å². The van der Waals surface area contributed by atoms with Crippen molar-refractivity contribution >= 4 is 34.0 Å². The minimum Gasteiger partial charge on any atom is -0.494 e. The molecule has 0 unspecified atom stereocenters. The van der Waals surface area contributed by atoms with E-state index in [-0.39, 0.29) is 17.9 Å². The highest BCUT2D eigenvalue weighted by Crippen LogP contribution is 2.18. The summed E-state index contributed by atoms with van der Waals surface area (Å²) in [5.41, 5.74) is 0.929. The van der Waals surface area contributed by atoms with Crippen molar-refractivity contribution < 1.29 is 14.3 Å². The summed E-state index contributed by atoms with van der Waals surface area (Å²) in [6.07, 6.45) is 2.14. The minimum absolute atomic E-state index is 0.0129. The number of aromatic nitrogens is 2. The fourth-order valence-electron chi connectivity index (χ4n) is 2.51. The zero-order valence-electron chi connectivity index (χ0n) is 15.7. The first-order valence-corrected chi connectivity index (χ1v) is 9.89. The molecule has 2 aromatic heterocycles. The summed E-state index contributed by atoms with van der Waals surface area (Å²) in [6, 6.07) is 10.2. The van der Waals surface area contributed by atoms with Crippen LogP contribution in [-0.2, 0) is 11.2 Å². The zero-order valence-corrected chi connectivity index (χ0v) is 16.5. The molecule has 0 saturated heterocycles. The lowest BCUT2D eigenvalue weighted by Gasteiger charge is -2.06. The Balaban J connectivity index is 1.49. The fraction of sp³-hybridized carbons (Fsp3) is 0.200. The maximum atomic E-state index is 12.1. The van der Waals surface area contributed by atoms with Crippen molar-refractivity contribution in [3.63, 3.8) is 0 Å². The number of thiazole rings is 1. The summed E-state index contributed by atoms with van der Waals surface area (Å²) in [5.74, 6) is 0.0876. The van der Waals surface area contributed by atoms with Gasteiger partial charge in [-0.25, -0.2) is 4.98 Å². The highest BCUT2D eigenvalue weighted by molar-refractivity contribution is 7.14. The molecular formula is C20H20N4O4S. The molecule has 29 heavy (non-hydrogen) atoms. The third-order valence-electron chi connectivity index (χ3n) is 3.89. The number of H-pyrrole nitrogens is 1. The van der Waals surface area contributed by atoms with Crippen molar-refractivity contribution in [2.24, 2.45) is 0 Å². The highest BCUT2D eigenvalue weighted by Gasteiger charge is 2.13. The monoisotopic (exact) mass is 412 g/mol. The number of anilines is 2. The minimum atomic E-state index is -0.527. The Morgan fingerprint density at radius 1 is 1.17 bits per heavy atom. The average molecular weight is 412 g/mol. The van der Waals surface area contributed by atoms with Crippen molar-refractivity contribution in [3.8, 4) is 5.75 Å². The molecule has 2 amide bonds. The number of rotatable bonds is 8. The van der Waals surface area contributed by atoms with Gasteiger partial charge in [-0.3, -0.25) is 19.7 Å². The van der Waals surface area contributed by atoms with E-state index in [1.165, 1.54) is 23.6 Å². The molecule has 0 saturated carbocycles. The van der Waals surface area contributed by atoms with Gasteiger partial charge in [0.1, 0.15) is 11.3 Å². The molecule has 0 aliphatic rings. The van der Waals surface area contributed by atoms with Gasteiger partial charge in [0.25, 0.3) is 11.5 Å². The Morgan fingerprint density at radius 3 is 2.69 bits per heavy atom. The van der Waals surface area contributed by atoms with Gasteiger partial charge < -0.3 is 15.0 Å². The van der Waals surface area contributed by atoms with Crippen LogP contribution in [0.2, 0.25) is 0 Å². The lowest BCUT2D eigenvalue weighted by atomic mass is 10.2. The smallest absolute Gasteiger partial charge is 0.263 e. The van der Waals surface area contributed by atoms with E-state index in [0.717, 1.165) is 5.75 Å². The number of nitrogens with zero attached hydrogens (tertiary/aromatic N) is 1. The molecule has 3 rings (SSSR count). The molecular weight excluding hydrogens is 392 g/mol. The molecule has 3 aromatic rings. The molecule has 0 spiro atoms. The molecule has 0 atom stereocenters. The van der Waals surface area contributed by atoms with E-state index >= 15 is 0 Å². The van der Waals surface area contributed by atoms with Crippen LogP contribution in [0, 0.1) is 0 Å². The predicted octanol–water partition coefficient (Wildman–Crippen LogP) is 3.05. The second-order valence-electron chi connectivity index (χ2n) is 6.02. The number of ether oxygens (including phenoxy) is 1. The largest absolute Gasteiger partial charge is 0.494 e. The normalized spacial score (nSPS) is 10.4. The zero-order chi connectivity index (χ0) is 20.6. The van der Waals surface area contributed by atoms with Gasteiger partial charge in [0.2, 0.25) is 5.91 Å². The number of nitrogens with one attached hydrogen (secondary N) is 3. The van der Waals surface area contributed by atoms with Crippen LogP contribution in [-0.4, -0.2) is 28.4 Å². The lowest BCUT2D eigenvalue weighted by molar-refractivity contribution is -0.116. The summed E-state index contributed by atoms with van der Waals surface area (Å²) in [4.78, 5) is 42.7. The first kappa shape index (κ1) is 20.3. The first-order chi connectivity index (χ1) is 14.0. The van der Waals surface area contributed by atoms with E-state index in [1.54, 1.807) is 35.7 Å². The molecule has 0 fully saturated rings. The fourth-order valence-corrected chi connectivity index (χ4v) is 3.25. The Morgan fingerprint density at radius 2 is 1.97 bits per heavy atom. The number of aryl methyl sites for hydroxylation is 1. The number of benzene rings is 1. The van der Waals surface area contributed by atoms with E-state index < -0.39 is 11.5 Å². The molecule has 0 aliphatic heterocycles. The van der Waals surface area contributed by atoms with Crippen LogP contribution in [0.4, 0.5) is 10.8 Å². The number of amides is 2. The molecule has 150 valence electrons. The maximum absolute atomic E-state index is 12.1. The van der Waals surface area contributed by atoms with E-state index in [9.17, 15) is 14.4 Å². The van der Waals surface area contributed by atoms with Crippen LogP contribution >= 0.6 is 11.3 Å². The van der Waals surface area contributed by atoms with Crippen LogP contribution in [0.5, 0.6) is 5.75 Å². The van der Waals surface area contributed by atoms with Crippen molar-refractivity contribution in [2.45, 2.75) is 19.8 Å². The molecule has 9 heteroatoms. The van der Waals surface area contributed by atoms with Crippen molar-refractivity contribution in [2.75, 3.05) is 17.2 Å². The molecule has 0 radical (unpaired) electrons. The number of aromatic amines is 1. The SMILES string of the molecule is CCOc1ccc(NC(=O)CCc2csc(NC(=O)c3ccc[nH]c3=O)n2)cc1. The molecule has 8 nitrogen and oxygen atoms in total. The van der Waals surface area contributed by atoms with Gasteiger partial charge in [-0.15, -0.1) is 11.3 Å². The molecule has 1 aromatic carbocycles. The number of hydrogen-bond donors (Lipinski definition) is 3. The molecule has 0 bridgehead atoms. The van der Waals surface area contributed by atoms with Crippen LogP contribution in [0.15, 0.2) is 52.8 Å². The summed E-state index contributed by atoms with van der Waals surface area (Å²) in [6.45, 7) is 2.50. The maximum Gasteiger partial charge on any atom is 0.263 e. The van der Waals surface area contributed by atoms with E-state index in [2.05, 4.69) is 20.6 Å². The van der Waals surface area contributed by atoms with Gasteiger partial charge in [-0.05, 0) is 49.7 Å². The van der Waals surface area contributed by atoms with Crippen LogP contribution < -0.4 is 20.9 Å². The van der Waals surface area contributed by atoms with Crippen LogP contribution in [0.25, 0.3) is 0 Å². The number of carbonyl (C=O) groups is 2. The Kier molecular flexibility index (Phi) is 6.75. The second kappa shape index (κ2) is 9.65. The number of hydrogen-bond acceptors (Lipinski definition) is 6. The van der Waals surface area contributed by atoms with E-state index in [0.29, 0.717) is 29.5 Å². The van der Waals surface area contributed by atoms with Crippen molar-refractivity contribution in [1.82, 2.24) is 9.97 Å². The number of pyridine rings is 1. The summed E-state index contributed by atoms with van der Waals surface area (Å²) >= 11 is 1.24. The average Bonchev–Trinajstić information content (AvgIpc) is 3.16. The number of carbonyl (C=O) groups excluding carboxylic acids is 2. The summed E-state index contributed by atoms with van der Waals surface area (Å²) in [5, 5.41) is 7.57. The molecule has 2 heterocycles. The summed E-state index contributed by atoms with van der Waals surface area (Å²) < 4.78 is 5.37. The third kappa shape index (κ3) is 5.76. The van der Waals surface area contributed by atoms with Gasteiger partial charge in [-0.1, -0.05) is 0 Å². The Hall–Kier alpha value is -3.46. The highest BCUT2D eigenvalue weighted by atomic mass is 32.1. The topological polar surface area (TPSA) is 113 Å². The van der Waals surface area contributed by atoms with Crippen LogP contribution in [0.3, 0.4) is 0 Å². The second-order valence-corrected chi connectivity index (χ2v) is 6.87. The molecule has 3 N–H and O–H groups in total. The van der Waals surface area contributed by atoms with Crippen LogP contribution in [0.1, 0.15) is 29.4 Å². The van der Waals surface area contributed by atoms with Gasteiger partial charge >= 0.3 is 0 Å². The lowest BCUT2D eigenvalue weighted by Crippen LogP contribution is -2.22. The van der Waals surface area contributed by atoms with Gasteiger partial charge in [0, 0.05) is 23.7 Å². The standard InChI is InChI=1S/C20H20N4O4S/c1-2-28-15-8-5-13(6-9-15)22-17(25)10-7-14-12-29-20(23-14)24-19(27)16-4-3-11-21-18(16)26/h3-6,8-9,11-12H,2,7,10H2,1H3,(H,21,26)(H,22,25)(H,23,24,27). The quantitative estimate of drug-likeness (QED) is 0.526. The third-order valence-corrected chi connectivity index (χ3v) is 4.70. The Bertz CT molecular complexity index is 1040. The Labute approximate surface area is 171 Å². The first-order valence-electron chi connectivity index (χ1n) is 9.01. The van der Waals surface area contributed by atoms with Gasteiger partial charge in [0.15, 0.2) is 5.13 Å². The summed E-state index contributed by atoms with van der Waals surface area (Å²) in [7, 11) is 0.